The van der Waals surface area contributed by atoms with Crippen LogP contribution in [0, 0.1) is 0 Å². The number of benzene rings is 1. The zero-order valence-electron chi connectivity index (χ0n) is 15.9. The fourth-order valence-electron chi connectivity index (χ4n) is 3.23. The van der Waals surface area contributed by atoms with Crippen molar-refractivity contribution in [2.75, 3.05) is 0 Å². The van der Waals surface area contributed by atoms with Crippen LogP contribution in [0.5, 0.6) is 0 Å². The van der Waals surface area contributed by atoms with Gasteiger partial charge in [0.25, 0.3) is 5.91 Å². The van der Waals surface area contributed by atoms with E-state index in [4.69, 9.17) is 4.74 Å². The van der Waals surface area contributed by atoms with Gasteiger partial charge in [0.2, 0.25) is 0 Å². The van der Waals surface area contributed by atoms with Gasteiger partial charge < -0.3 is 10.1 Å². The lowest BCUT2D eigenvalue weighted by molar-refractivity contribution is -0.154. The minimum Gasteiger partial charge on any atom is -0.453 e. The van der Waals surface area contributed by atoms with E-state index < -0.39 is 24.0 Å². The third kappa shape index (κ3) is 5.76. The molecule has 1 aromatic carbocycles. The van der Waals surface area contributed by atoms with Crippen LogP contribution in [0.1, 0.15) is 50.5 Å². The fourth-order valence-corrected chi connectivity index (χ4v) is 4.19. The maximum atomic E-state index is 12.1. The highest BCUT2D eigenvalue weighted by Gasteiger charge is 2.22. The van der Waals surface area contributed by atoms with Gasteiger partial charge in [0.15, 0.2) is 6.10 Å². The molecule has 1 aliphatic carbocycles. The van der Waals surface area contributed by atoms with E-state index >= 15 is 0 Å². The van der Waals surface area contributed by atoms with E-state index in [9.17, 15) is 14.4 Å². The van der Waals surface area contributed by atoms with E-state index in [2.05, 4.69) is 15.6 Å². The quantitative estimate of drug-likeness (QED) is 0.721. The summed E-state index contributed by atoms with van der Waals surface area (Å²) >= 11 is 1.54. The van der Waals surface area contributed by atoms with Crippen LogP contribution < -0.4 is 10.6 Å². The molecule has 28 heavy (non-hydrogen) atoms. The van der Waals surface area contributed by atoms with Crippen molar-refractivity contribution in [1.29, 1.82) is 0 Å². The summed E-state index contributed by atoms with van der Waals surface area (Å²) in [5, 5.41) is 5.90. The van der Waals surface area contributed by atoms with Crippen LogP contribution in [-0.2, 0) is 20.7 Å². The van der Waals surface area contributed by atoms with Crippen LogP contribution in [0.15, 0.2) is 24.3 Å². The summed E-state index contributed by atoms with van der Waals surface area (Å²) < 4.78 is 6.22. The first kappa shape index (κ1) is 20.3. The van der Waals surface area contributed by atoms with Crippen molar-refractivity contribution in [2.45, 2.75) is 64.0 Å². The summed E-state index contributed by atoms with van der Waals surface area (Å²) in [4.78, 5) is 40.5. The number of aryl methyl sites for hydroxylation is 1. The van der Waals surface area contributed by atoms with E-state index in [1.54, 1.807) is 0 Å². The summed E-state index contributed by atoms with van der Waals surface area (Å²) in [7, 11) is 0. The number of carbonyl (C=O) groups is 3. The Morgan fingerprint density at radius 3 is 2.71 bits per heavy atom. The maximum Gasteiger partial charge on any atom is 0.321 e. The number of ether oxygens (including phenoxy) is 1. The minimum absolute atomic E-state index is 0.105. The number of imide groups is 1. The molecule has 1 heterocycles. The zero-order chi connectivity index (χ0) is 19.9. The number of amides is 3. The standard InChI is InChI=1S/C20H25N3O4S/c1-13(19(25)23-20(26)21-14-7-3-2-4-8-14)27-18(24)12-11-17-22-15-9-5-6-10-16(15)28-17/h5-6,9-10,13-14H,2-4,7-8,11-12H2,1H3,(H2,21,23,25,26)/t13-/m1/s1. The fraction of sp³-hybridized carbons (Fsp3) is 0.500. The first-order valence-corrected chi connectivity index (χ1v) is 10.5. The first-order chi connectivity index (χ1) is 13.5. The summed E-state index contributed by atoms with van der Waals surface area (Å²) in [5.74, 6) is -1.11. The normalized spacial score (nSPS) is 15.8. The number of rotatable bonds is 6. The molecule has 1 saturated carbocycles. The average Bonchev–Trinajstić information content (AvgIpc) is 3.10. The lowest BCUT2D eigenvalue weighted by Gasteiger charge is -2.23. The highest BCUT2D eigenvalue weighted by molar-refractivity contribution is 7.18. The Hall–Kier alpha value is -2.48. The lowest BCUT2D eigenvalue weighted by Crippen LogP contribution is -2.48. The van der Waals surface area contributed by atoms with Crippen LogP contribution in [0.2, 0.25) is 0 Å². The third-order valence-electron chi connectivity index (χ3n) is 4.74. The summed E-state index contributed by atoms with van der Waals surface area (Å²) in [5.41, 5.74) is 0.910. The molecule has 1 fully saturated rings. The Kier molecular flexibility index (Phi) is 6.97. The largest absolute Gasteiger partial charge is 0.453 e. The number of para-hydroxylation sites is 1. The van der Waals surface area contributed by atoms with E-state index in [-0.39, 0.29) is 12.5 Å². The van der Waals surface area contributed by atoms with Crippen molar-refractivity contribution in [1.82, 2.24) is 15.6 Å². The molecule has 7 nitrogen and oxygen atoms in total. The van der Waals surface area contributed by atoms with Gasteiger partial charge in [-0.1, -0.05) is 31.4 Å². The average molecular weight is 404 g/mol. The zero-order valence-corrected chi connectivity index (χ0v) is 16.7. The topological polar surface area (TPSA) is 97.4 Å². The number of hydrogen-bond acceptors (Lipinski definition) is 6. The smallest absolute Gasteiger partial charge is 0.321 e. The number of esters is 1. The third-order valence-corrected chi connectivity index (χ3v) is 5.83. The second-order valence-electron chi connectivity index (χ2n) is 7.01. The molecule has 0 spiro atoms. The number of nitrogens with one attached hydrogen (secondary N) is 2. The number of aromatic nitrogens is 1. The molecule has 1 aromatic heterocycles. The summed E-state index contributed by atoms with van der Waals surface area (Å²) in [6.45, 7) is 1.46. The summed E-state index contributed by atoms with van der Waals surface area (Å²) in [6, 6.07) is 7.36. The number of carbonyl (C=O) groups excluding carboxylic acids is 3. The van der Waals surface area contributed by atoms with Crippen molar-refractivity contribution in [3.8, 4) is 0 Å². The number of urea groups is 1. The van der Waals surface area contributed by atoms with Gasteiger partial charge in [-0.25, -0.2) is 9.78 Å². The predicted molar refractivity (Wildman–Crippen MR) is 107 cm³/mol. The van der Waals surface area contributed by atoms with E-state index in [0.29, 0.717) is 6.42 Å². The molecule has 1 aliphatic rings. The van der Waals surface area contributed by atoms with Gasteiger partial charge in [0.1, 0.15) is 0 Å². The van der Waals surface area contributed by atoms with E-state index in [1.807, 2.05) is 24.3 Å². The SMILES string of the molecule is C[C@@H](OC(=O)CCc1nc2ccccc2s1)C(=O)NC(=O)NC1CCCCC1. The Morgan fingerprint density at radius 1 is 1.21 bits per heavy atom. The molecule has 8 heteroatoms. The predicted octanol–water partition coefficient (Wildman–Crippen LogP) is 3.32. The Labute approximate surface area is 167 Å². The molecule has 1 atom stereocenters. The Morgan fingerprint density at radius 2 is 1.96 bits per heavy atom. The Bertz CT molecular complexity index is 812. The van der Waals surface area contributed by atoms with E-state index in [1.165, 1.54) is 24.7 Å². The molecule has 0 radical (unpaired) electrons. The van der Waals surface area contributed by atoms with Crippen molar-refractivity contribution in [3.63, 3.8) is 0 Å². The Balaban J connectivity index is 1.40. The van der Waals surface area contributed by atoms with Crippen LogP contribution in [0.25, 0.3) is 10.2 Å². The second-order valence-corrected chi connectivity index (χ2v) is 8.12. The van der Waals surface area contributed by atoms with Crippen molar-refractivity contribution in [2.24, 2.45) is 0 Å². The van der Waals surface area contributed by atoms with Crippen molar-refractivity contribution >= 4 is 39.5 Å². The number of hydrogen-bond donors (Lipinski definition) is 2. The molecular weight excluding hydrogens is 378 g/mol. The second kappa shape index (κ2) is 9.64. The number of thiazole rings is 1. The van der Waals surface area contributed by atoms with Gasteiger partial charge in [-0.15, -0.1) is 11.3 Å². The van der Waals surface area contributed by atoms with Crippen LogP contribution in [0.3, 0.4) is 0 Å². The lowest BCUT2D eigenvalue weighted by atomic mass is 9.96. The molecule has 0 unspecified atom stereocenters. The van der Waals surface area contributed by atoms with Gasteiger partial charge in [-0.05, 0) is 31.9 Å². The minimum atomic E-state index is -1.03. The summed E-state index contributed by atoms with van der Waals surface area (Å²) in [6.07, 6.45) is 4.77. The van der Waals surface area contributed by atoms with Crippen LogP contribution in [-0.4, -0.2) is 35.0 Å². The van der Waals surface area contributed by atoms with Gasteiger partial charge in [0.05, 0.1) is 21.6 Å². The molecule has 0 aliphatic heterocycles. The molecule has 2 aromatic rings. The van der Waals surface area contributed by atoms with Gasteiger partial charge in [-0.2, -0.15) is 0 Å². The molecule has 0 bridgehead atoms. The maximum absolute atomic E-state index is 12.1. The molecular formula is C20H25N3O4S. The molecule has 0 saturated heterocycles. The number of fused-ring (bicyclic) bond motifs is 1. The van der Waals surface area contributed by atoms with Gasteiger partial charge in [0, 0.05) is 12.5 Å². The molecule has 150 valence electrons. The monoisotopic (exact) mass is 403 g/mol. The van der Waals surface area contributed by atoms with Crippen LogP contribution >= 0.6 is 11.3 Å². The van der Waals surface area contributed by atoms with E-state index in [0.717, 1.165) is 40.9 Å². The highest BCUT2D eigenvalue weighted by Crippen LogP contribution is 2.22. The van der Waals surface area contributed by atoms with Gasteiger partial charge in [-0.3, -0.25) is 14.9 Å². The van der Waals surface area contributed by atoms with Crippen LogP contribution in [0.4, 0.5) is 4.79 Å². The molecule has 3 amide bonds. The van der Waals surface area contributed by atoms with Gasteiger partial charge >= 0.3 is 12.0 Å². The molecule has 2 N–H and O–H groups in total. The first-order valence-electron chi connectivity index (χ1n) is 9.66. The van der Waals surface area contributed by atoms with Crippen molar-refractivity contribution in [3.05, 3.63) is 29.3 Å². The molecule has 3 rings (SSSR count). The van der Waals surface area contributed by atoms with Crippen molar-refractivity contribution < 1.29 is 19.1 Å². The number of nitrogens with zero attached hydrogens (tertiary/aromatic N) is 1. The highest BCUT2D eigenvalue weighted by atomic mass is 32.1.